The molecule has 0 aliphatic heterocycles. The number of benzene rings is 1. The fourth-order valence-electron chi connectivity index (χ4n) is 2.15. The van der Waals surface area contributed by atoms with Crippen LogP contribution >= 0.6 is 0 Å². The second-order valence-electron chi connectivity index (χ2n) is 5.22. The van der Waals surface area contributed by atoms with E-state index >= 15 is 0 Å². The SMILES string of the molecule is Cc1cc(CNCCS(=O)(=O)N(C)C)c2ccccc2n1. The Morgan fingerprint density at radius 1 is 1.24 bits per heavy atom. The maximum atomic E-state index is 11.7. The van der Waals surface area contributed by atoms with E-state index < -0.39 is 10.0 Å². The Bertz CT molecular complexity index is 727. The van der Waals surface area contributed by atoms with Crippen LogP contribution in [0.2, 0.25) is 0 Å². The normalized spacial score (nSPS) is 12.2. The van der Waals surface area contributed by atoms with Crippen molar-refractivity contribution in [3.8, 4) is 0 Å². The van der Waals surface area contributed by atoms with Crippen molar-refractivity contribution >= 4 is 20.9 Å². The van der Waals surface area contributed by atoms with Gasteiger partial charge in [0.15, 0.2) is 0 Å². The van der Waals surface area contributed by atoms with Crippen molar-refractivity contribution in [2.45, 2.75) is 13.5 Å². The van der Waals surface area contributed by atoms with Crippen molar-refractivity contribution in [2.24, 2.45) is 0 Å². The zero-order chi connectivity index (χ0) is 15.5. The smallest absolute Gasteiger partial charge is 0.214 e. The Kier molecular flexibility index (Phi) is 4.92. The molecule has 0 fully saturated rings. The molecule has 0 bridgehead atoms. The second-order valence-corrected chi connectivity index (χ2v) is 7.52. The molecule has 0 saturated carbocycles. The summed E-state index contributed by atoms with van der Waals surface area (Å²) in [5.41, 5.74) is 3.07. The lowest BCUT2D eigenvalue weighted by atomic mass is 10.1. The number of sulfonamides is 1. The maximum Gasteiger partial charge on any atom is 0.214 e. The molecule has 0 aliphatic carbocycles. The number of para-hydroxylation sites is 1. The first kappa shape index (κ1) is 15.9. The molecular weight excluding hydrogens is 286 g/mol. The fourth-order valence-corrected chi connectivity index (χ4v) is 2.92. The van der Waals surface area contributed by atoms with E-state index in [4.69, 9.17) is 0 Å². The fraction of sp³-hybridized carbons (Fsp3) is 0.400. The third-order valence-corrected chi connectivity index (χ3v) is 5.17. The lowest BCUT2D eigenvalue weighted by Crippen LogP contribution is -2.31. The van der Waals surface area contributed by atoms with E-state index in [0.29, 0.717) is 13.1 Å². The predicted molar refractivity (Wildman–Crippen MR) is 85.7 cm³/mol. The Balaban J connectivity index is 2.04. The summed E-state index contributed by atoms with van der Waals surface area (Å²) in [6.45, 7) is 3.02. The van der Waals surface area contributed by atoms with Gasteiger partial charge < -0.3 is 5.32 Å². The Hall–Kier alpha value is -1.50. The zero-order valence-electron chi connectivity index (χ0n) is 12.6. The molecule has 21 heavy (non-hydrogen) atoms. The number of rotatable bonds is 6. The van der Waals surface area contributed by atoms with Crippen molar-refractivity contribution in [1.82, 2.24) is 14.6 Å². The molecule has 0 unspecified atom stereocenters. The predicted octanol–water partition coefficient (Wildman–Crippen LogP) is 1.52. The van der Waals surface area contributed by atoms with Crippen LogP contribution in [0.1, 0.15) is 11.3 Å². The van der Waals surface area contributed by atoms with Gasteiger partial charge in [0.2, 0.25) is 10.0 Å². The van der Waals surface area contributed by atoms with Crippen molar-refractivity contribution < 1.29 is 8.42 Å². The molecule has 1 heterocycles. The Morgan fingerprint density at radius 3 is 2.67 bits per heavy atom. The highest BCUT2D eigenvalue weighted by molar-refractivity contribution is 7.89. The van der Waals surface area contributed by atoms with Gasteiger partial charge in [-0.1, -0.05) is 18.2 Å². The minimum absolute atomic E-state index is 0.0992. The highest BCUT2D eigenvalue weighted by Crippen LogP contribution is 2.17. The standard InChI is InChI=1S/C15H21N3O2S/c1-12-10-13(14-6-4-5-7-15(14)17-12)11-16-8-9-21(19,20)18(2)3/h4-7,10,16H,8-9,11H2,1-3H3. The van der Waals surface area contributed by atoms with Crippen molar-refractivity contribution in [3.05, 3.63) is 41.6 Å². The quantitative estimate of drug-likeness (QED) is 0.822. The summed E-state index contributed by atoms with van der Waals surface area (Å²) in [5.74, 6) is 0.0992. The summed E-state index contributed by atoms with van der Waals surface area (Å²) < 4.78 is 24.6. The highest BCUT2D eigenvalue weighted by atomic mass is 32.2. The van der Waals surface area contributed by atoms with Gasteiger partial charge in [-0.25, -0.2) is 12.7 Å². The maximum absolute atomic E-state index is 11.7. The largest absolute Gasteiger partial charge is 0.312 e. The number of aromatic nitrogens is 1. The summed E-state index contributed by atoms with van der Waals surface area (Å²) in [6, 6.07) is 10.0. The molecular formula is C15H21N3O2S. The van der Waals surface area contributed by atoms with Crippen LogP contribution in [0, 0.1) is 6.92 Å². The monoisotopic (exact) mass is 307 g/mol. The third kappa shape index (κ3) is 4.00. The Morgan fingerprint density at radius 2 is 1.95 bits per heavy atom. The van der Waals surface area contributed by atoms with E-state index in [1.165, 1.54) is 4.31 Å². The molecule has 5 nitrogen and oxygen atoms in total. The minimum atomic E-state index is -3.14. The minimum Gasteiger partial charge on any atom is -0.312 e. The van der Waals surface area contributed by atoms with Gasteiger partial charge in [0.25, 0.3) is 0 Å². The first-order valence-electron chi connectivity index (χ1n) is 6.86. The molecule has 1 aromatic carbocycles. The topological polar surface area (TPSA) is 62.3 Å². The molecule has 0 radical (unpaired) electrons. The number of aryl methyl sites for hydroxylation is 1. The van der Waals surface area contributed by atoms with Gasteiger partial charge in [0.05, 0.1) is 11.3 Å². The summed E-state index contributed by atoms with van der Waals surface area (Å²) in [5, 5.41) is 4.30. The molecule has 114 valence electrons. The number of pyridine rings is 1. The number of hydrogen-bond acceptors (Lipinski definition) is 4. The van der Waals surface area contributed by atoms with Crippen LogP contribution in [-0.2, 0) is 16.6 Å². The van der Waals surface area contributed by atoms with Gasteiger partial charge >= 0.3 is 0 Å². The summed E-state index contributed by atoms with van der Waals surface area (Å²) in [4.78, 5) is 4.50. The molecule has 2 rings (SSSR count). The van der Waals surface area contributed by atoms with E-state index in [9.17, 15) is 8.42 Å². The molecule has 2 aromatic rings. The van der Waals surface area contributed by atoms with Gasteiger partial charge in [-0.15, -0.1) is 0 Å². The molecule has 0 spiro atoms. The van der Waals surface area contributed by atoms with Gasteiger partial charge in [-0.3, -0.25) is 4.98 Å². The molecule has 0 saturated heterocycles. The third-order valence-electron chi connectivity index (χ3n) is 3.34. The van der Waals surface area contributed by atoms with E-state index in [1.807, 2.05) is 37.3 Å². The van der Waals surface area contributed by atoms with E-state index in [-0.39, 0.29) is 5.75 Å². The summed E-state index contributed by atoms with van der Waals surface area (Å²) in [6.07, 6.45) is 0. The van der Waals surface area contributed by atoms with E-state index in [1.54, 1.807) is 14.1 Å². The van der Waals surface area contributed by atoms with Crippen LogP contribution < -0.4 is 5.32 Å². The molecule has 0 atom stereocenters. The number of nitrogens with one attached hydrogen (secondary N) is 1. The molecule has 0 amide bonds. The van der Waals surface area contributed by atoms with Crippen molar-refractivity contribution in [2.75, 3.05) is 26.4 Å². The summed E-state index contributed by atoms with van der Waals surface area (Å²) >= 11 is 0. The van der Waals surface area contributed by atoms with E-state index in [2.05, 4.69) is 10.3 Å². The first-order valence-corrected chi connectivity index (χ1v) is 8.47. The molecule has 0 aliphatic rings. The van der Waals surface area contributed by atoms with Crippen LogP contribution in [0.25, 0.3) is 10.9 Å². The molecule has 1 aromatic heterocycles. The van der Waals surface area contributed by atoms with Crippen molar-refractivity contribution in [1.29, 1.82) is 0 Å². The number of hydrogen-bond donors (Lipinski definition) is 1. The first-order chi connectivity index (χ1) is 9.90. The number of nitrogens with zero attached hydrogens (tertiary/aromatic N) is 2. The van der Waals surface area contributed by atoms with Crippen LogP contribution in [0.4, 0.5) is 0 Å². The average Bonchev–Trinajstić information content (AvgIpc) is 2.43. The van der Waals surface area contributed by atoms with Gasteiger partial charge in [-0.2, -0.15) is 0 Å². The highest BCUT2D eigenvalue weighted by Gasteiger charge is 2.12. The van der Waals surface area contributed by atoms with Gasteiger partial charge in [0.1, 0.15) is 0 Å². The Labute approximate surface area is 126 Å². The lowest BCUT2D eigenvalue weighted by Gasteiger charge is -2.12. The van der Waals surface area contributed by atoms with Crippen LogP contribution in [0.3, 0.4) is 0 Å². The average molecular weight is 307 g/mol. The number of fused-ring (bicyclic) bond motifs is 1. The zero-order valence-corrected chi connectivity index (χ0v) is 13.4. The van der Waals surface area contributed by atoms with Gasteiger partial charge in [0, 0.05) is 38.3 Å². The van der Waals surface area contributed by atoms with Crippen molar-refractivity contribution in [3.63, 3.8) is 0 Å². The summed E-state index contributed by atoms with van der Waals surface area (Å²) in [7, 11) is -0.0435. The molecule has 1 N–H and O–H groups in total. The molecule has 6 heteroatoms. The second kappa shape index (κ2) is 6.51. The lowest BCUT2D eigenvalue weighted by molar-refractivity contribution is 0.517. The van der Waals surface area contributed by atoms with E-state index in [0.717, 1.165) is 22.2 Å². The van der Waals surface area contributed by atoms with Crippen LogP contribution in [0.15, 0.2) is 30.3 Å². The van der Waals surface area contributed by atoms with Crippen LogP contribution in [0.5, 0.6) is 0 Å². The van der Waals surface area contributed by atoms with Gasteiger partial charge in [-0.05, 0) is 24.6 Å². The van der Waals surface area contributed by atoms with Crippen LogP contribution in [-0.4, -0.2) is 44.1 Å².